The first-order chi connectivity index (χ1) is 8.20. The first kappa shape index (κ1) is 12.8. The summed E-state index contributed by atoms with van der Waals surface area (Å²) in [4.78, 5) is 14.3. The Morgan fingerprint density at radius 1 is 1.47 bits per heavy atom. The maximum absolute atomic E-state index is 12.3. The van der Waals surface area contributed by atoms with Crippen molar-refractivity contribution in [2.75, 3.05) is 33.4 Å². The number of ether oxygens (including phenoxy) is 1. The summed E-state index contributed by atoms with van der Waals surface area (Å²) in [5, 5.41) is 3.35. The van der Waals surface area contributed by atoms with Crippen LogP contribution in [0.3, 0.4) is 0 Å². The third-order valence-electron chi connectivity index (χ3n) is 3.96. The number of carbonyl (C=O) groups excluding carboxylic acids is 1. The van der Waals surface area contributed by atoms with E-state index in [1.54, 1.807) is 7.11 Å². The molecule has 0 aromatic carbocycles. The fourth-order valence-electron chi connectivity index (χ4n) is 2.92. The van der Waals surface area contributed by atoms with Crippen LogP contribution >= 0.6 is 0 Å². The van der Waals surface area contributed by atoms with Crippen LogP contribution in [-0.2, 0) is 9.53 Å². The van der Waals surface area contributed by atoms with Gasteiger partial charge in [-0.25, -0.2) is 0 Å². The van der Waals surface area contributed by atoms with E-state index in [9.17, 15) is 4.79 Å². The van der Waals surface area contributed by atoms with Crippen LogP contribution in [0, 0.1) is 11.8 Å². The van der Waals surface area contributed by atoms with E-state index in [2.05, 4.69) is 12.2 Å². The molecule has 0 aromatic heterocycles. The Kier molecular flexibility index (Phi) is 4.40. The molecule has 98 valence electrons. The van der Waals surface area contributed by atoms with E-state index in [0.717, 1.165) is 39.1 Å². The molecule has 3 unspecified atom stereocenters. The lowest BCUT2D eigenvalue weighted by Gasteiger charge is -2.30. The highest BCUT2D eigenvalue weighted by molar-refractivity contribution is 5.82. The van der Waals surface area contributed by atoms with E-state index in [4.69, 9.17) is 4.74 Å². The molecule has 0 aliphatic carbocycles. The van der Waals surface area contributed by atoms with Gasteiger partial charge in [0.1, 0.15) is 0 Å². The molecule has 2 heterocycles. The van der Waals surface area contributed by atoms with Crippen molar-refractivity contribution in [3.63, 3.8) is 0 Å². The largest absolute Gasteiger partial charge is 0.384 e. The molecule has 2 aliphatic rings. The van der Waals surface area contributed by atoms with E-state index in [1.807, 2.05) is 4.90 Å². The average Bonchev–Trinajstić information content (AvgIpc) is 2.77. The van der Waals surface area contributed by atoms with Crippen LogP contribution in [0.25, 0.3) is 0 Å². The van der Waals surface area contributed by atoms with Crippen LogP contribution in [0.5, 0.6) is 0 Å². The number of nitrogens with one attached hydrogen (secondary N) is 1. The average molecular weight is 240 g/mol. The Morgan fingerprint density at radius 3 is 3.00 bits per heavy atom. The smallest absolute Gasteiger partial charge is 0.239 e. The van der Waals surface area contributed by atoms with Crippen LogP contribution < -0.4 is 5.32 Å². The van der Waals surface area contributed by atoms with Gasteiger partial charge in [0, 0.05) is 26.1 Å². The van der Waals surface area contributed by atoms with Crippen molar-refractivity contribution >= 4 is 5.91 Å². The van der Waals surface area contributed by atoms with E-state index in [-0.39, 0.29) is 6.04 Å². The molecule has 0 radical (unpaired) electrons. The van der Waals surface area contributed by atoms with Crippen LogP contribution in [0.1, 0.15) is 26.2 Å². The molecule has 1 N–H and O–H groups in total. The number of amides is 1. The summed E-state index contributed by atoms with van der Waals surface area (Å²) in [6.07, 6.45) is 3.27. The number of hydrogen-bond acceptors (Lipinski definition) is 3. The first-order valence-electron chi connectivity index (χ1n) is 6.71. The standard InChI is InChI=1S/C13H24N2O2/c1-10-3-5-14-12(7-10)13(16)15-6-4-11(8-15)9-17-2/h10-12,14H,3-9H2,1-2H3. The first-order valence-corrected chi connectivity index (χ1v) is 6.71. The fourth-order valence-corrected chi connectivity index (χ4v) is 2.92. The summed E-state index contributed by atoms with van der Waals surface area (Å²) in [6.45, 7) is 5.77. The molecule has 4 nitrogen and oxygen atoms in total. The van der Waals surface area contributed by atoms with Gasteiger partial charge in [-0.3, -0.25) is 4.79 Å². The van der Waals surface area contributed by atoms with Gasteiger partial charge in [0.2, 0.25) is 5.91 Å². The second kappa shape index (κ2) is 5.83. The van der Waals surface area contributed by atoms with Crippen molar-refractivity contribution in [2.24, 2.45) is 11.8 Å². The number of nitrogens with zero attached hydrogens (tertiary/aromatic N) is 1. The summed E-state index contributed by atoms with van der Waals surface area (Å²) in [7, 11) is 1.73. The second-order valence-electron chi connectivity index (χ2n) is 5.53. The number of rotatable bonds is 3. The van der Waals surface area contributed by atoms with Crippen molar-refractivity contribution in [1.29, 1.82) is 0 Å². The second-order valence-corrected chi connectivity index (χ2v) is 5.53. The van der Waals surface area contributed by atoms with Crippen LogP contribution in [0.2, 0.25) is 0 Å². The summed E-state index contributed by atoms with van der Waals surface area (Å²) < 4.78 is 5.16. The number of hydrogen-bond donors (Lipinski definition) is 1. The van der Waals surface area contributed by atoms with Crippen molar-refractivity contribution in [3.05, 3.63) is 0 Å². The van der Waals surface area contributed by atoms with Crippen molar-refractivity contribution in [2.45, 2.75) is 32.2 Å². The molecule has 2 fully saturated rings. The van der Waals surface area contributed by atoms with Gasteiger partial charge in [0.05, 0.1) is 12.6 Å². The number of carbonyl (C=O) groups is 1. The van der Waals surface area contributed by atoms with E-state index < -0.39 is 0 Å². The highest BCUT2D eigenvalue weighted by Gasteiger charge is 2.32. The van der Waals surface area contributed by atoms with Crippen LogP contribution in [-0.4, -0.2) is 50.2 Å². The number of piperidine rings is 1. The molecule has 4 heteroatoms. The van der Waals surface area contributed by atoms with E-state index in [0.29, 0.717) is 17.7 Å². The zero-order valence-electron chi connectivity index (χ0n) is 10.9. The van der Waals surface area contributed by atoms with Gasteiger partial charge in [-0.05, 0) is 31.7 Å². The van der Waals surface area contributed by atoms with Crippen molar-refractivity contribution in [1.82, 2.24) is 10.2 Å². The summed E-state index contributed by atoms with van der Waals surface area (Å²) in [6, 6.07) is 0.0556. The van der Waals surface area contributed by atoms with Gasteiger partial charge < -0.3 is 15.0 Å². The van der Waals surface area contributed by atoms with E-state index in [1.165, 1.54) is 6.42 Å². The molecule has 0 aromatic rings. The maximum Gasteiger partial charge on any atom is 0.239 e. The third-order valence-corrected chi connectivity index (χ3v) is 3.96. The molecule has 0 saturated carbocycles. The number of likely N-dealkylation sites (tertiary alicyclic amines) is 1. The summed E-state index contributed by atoms with van der Waals surface area (Å²) >= 11 is 0. The van der Waals surface area contributed by atoms with Crippen LogP contribution in [0.4, 0.5) is 0 Å². The normalized spacial score (nSPS) is 34.0. The van der Waals surface area contributed by atoms with Crippen LogP contribution in [0.15, 0.2) is 0 Å². The minimum atomic E-state index is 0.0556. The minimum absolute atomic E-state index is 0.0556. The van der Waals surface area contributed by atoms with Crippen molar-refractivity contribution in [3.8, 4) is 0 Å². The Labute approximate surface area is 104 Å². The predicted molar refractivity (Wildman–Crippen MR) is 66.8 cm³/mol. The lowest BCUT2D eigenvalue weighted by Crippen LogP contribution is -2.49. The molecule has 1 amide bonds. The van der Waals surface area contributed by atoms with Gasteiger partial charge in [-0.1, -0.05) is 6.92 Å². The molecule has 0 bridgehead atoms. The summed E-state index contributed by atoms with van der Waals surface area (Å²) in [5.74, 6) is 1.50. The van der Waals surface area contributed by atoms with Gasteiger partial charge >= 0.3 is 0 Å². The monoisotopic (exact) mass is 240 g/mol. The third kappa shape index (κ3) is 3.19. The molecular formula is C13H24N2O2. The Hall–Kier alpha value is -0.610. The molecule has 3 atom stereocenters. The molecule has 2 rings (SSSR count). The van der Waals surface area contributed by atoms with Gasteiger partial charge in [0.25, 0.3) is 0 Å². The molecule has 17 heavy (non-hydrogen) atoms. The topological polar surface area (TPSA) is 41.6 Å². The highest BCUT2D eigenvalue weighted by Crippen LogP contribution is 2.21. The Morgan fingerprint density at radius 2 is 2.29 bits per heavy atom. The van der Waals surface area contributed by atoms with E-state index >= 15 is 0 Å². The SMILES string of the molecule is COCC1CCN(C(=O)C2CC(C)CCN2)C1. The molecular weight excluding hydrogens is 216 g/mol. The predicted octanol–water partition coefficient (Wildman–Crippen LogP) is 0.869. The molecule has 2 saturated heterocycles. The Balaban J connectivity index is 1.83. The minimum Gasteiger partial charge on any atom is -0.384 e. The quantitative estimate of drug-likeness (QED) is 0.796. The van der Waals surface area contributed by atoms with Gasteiger partial charge in [0.15, 0.2) is 0 Å². The molecule has 2 aliphatic heterocycles. The highest BCUT2D eigenvalue weighted by atomic mass is 16.5. The van der Waals surface area contributed by atoms with Crippen molar-refractivity contribution < 1.29 is 9.53 Å². The maximum atomic E-state index is 12.3. The lowest BCUT2D eigenvalue weighted by molar-refractivity contribution is -0.133. The van der Waals surface area contributed by atoms with Gasteiger partial charge in [-0.2, -0.15) is 0 Å². The zero-order valence-corrected chi connectivity index (χ0v) is 10.9. The fraction of sp³-hybridized carbons (Fsp3) is 0.923. The Bertz CT molecular complexity index is 270. The lowest BCUT2D eigenvalue weighted by atomic mass is 9.93. The summed E-state index contributed by atoms with van der Waals surface area (Å²) in [5.41, 5.74) is 0. The molecule has 0 spiro atoms. The van der Waals surface area contributed by atoms with Gasteiger partial charge in [-0.15, -0.1) is 0 Å². The zero-order chi connectivity index (χ0) is 12.3. The number of methoxy groups -OCH3 is 1.